The number of nitrogens with two attached hydrogens (primary N) is 1. The maximum atomic E-state index is 13.0. The van der Waals surface area contributed by atoms with Crippen molar-refractivity contribution < 1.29 is 14.7 Å². The molecule has 0 aliphatic heterocycles. The van der Waals surface area contributed by atoms with Crippen molar-refractivity contribution in [3.8, 4) is 5.75 Å². The zero-order valence-electron chi connectivity index (χ0n) is 19.5. The lowest BCUT2D eigenvalue weighted by molar-refractivity contribution is 0.102. The number of para-hydroxylation sites is 2. The molecule has 0 unspecified atom stereocenters. The fraction of sp³-hybridized carbons (Fsp3) is 0.231. The Morgan fingerprint density at radius 1 is 0.912 bits per heavy atom. The van der Waals surface area contributed by atoms with Crippen LogP contribution in [0.5, 0.6) is 5.75 Å². The normalized spacial score (nSPS) is 10.7. The molecule has 0 atom stereocenters. The van der Waals surface area contributed by atoms with Gasteiger partial charge in [-0.3, -0.25) is 4.79 Å². The Balaban J connectivity index is 1.67. The SMILES string of the molecule is CN(C)CCCN(Cc1ccc(C(=O)Nc2ccccc2N)cc1)C(=O)Nc1cccc(O)c1. The van der Waals surface area contributed by atoms with Gasteiger partial charge in [0.1, 0.15) is 5.75 Å². The summed E-state index contributed by atoms with van der Waals surface area (Å²) < 4.78 is 0. The quantitative estimate of drug-likeness (QED) is 0.357. The number of urea groups is 1. The lowest BCUT2D eigenvalue weighted by atomic mass is 10.1. The molecular formula is C26H31N5O3. The summed E-state index contributed by atoms with van der Waals surface area (Å²) in [4.78, 5) is 29.3. The summed E-state index contributed by atoms with van der Waals surface area (Å²) in [6.45, 7) is 1.78. The Bertz CT molecular complexity index is 1120. The van der Waals surface area contributed by atoms with Crippen molar-refractivity contribution in [2.45, 2.75) is 13.0 Å². The van der Waals surface area contributed by atoms with Crippen LogP contribution in [0.1, 0.15) is 22.3 Å². The number of hydrogen-bond donors (Lipinski definition) is 4. The summed E-state index contributed by atoms with van der Waals surface area (Å²) in [7, 11) is 3.98. The number of hydrogen-bond acceptors (Lipinski definition) is 5. The molecule has 178 valence electrons. The largest absolute Gasteiger partial charge is 0.508 e. The first-order valence-corrected chi connectivity index (χ1v) is 11.1. The molecule has 3 rings (SSSR count). The van der Waals surface area contributed by atoms with Crippen molar-refractivity contribution in [2.24, 2.45) is 0 Å². The van der Waals surface area contributed by atoms with Gasteiger partial charge < -0.3 is 31.3 Å². The van der Waals surface area contributed by atoms with Gasteiger partial charge in [0.05, 0.1) is 11.4 Å². The number of nitrogens with zero attached hydrogens (tertiary/aromatic N) is 2. The van der Waals surface area contributed by atoms with Crippen LogP contribution in [0.3, 0.4) is 0 Å². The van der Waals surface area contributed by atoms with Crippen LogP contribution in [0.4, 0.5) is 21.9 Å². The zero-order chi connectivity index (χ0) is 24.5. The van der Waals surface area contributed by atoms with Crippen molar-refractivity contribution in [1.82, 2.24) is 9.80 Å². The zero-order valence-corrected chi connectivity index (χ0v) is 19.5. The van der Waals surface area contributed by atoms with Crippen LogP contribution in [0.25, 0.3) is 0 Å². The third-order valence-electron chi connectivity index (χ3n) is 5.22. The summed E-state index contributed by atoms with van der Waals surface area (Å²) >= 11 is 0. The Morgan fingerprint density at radius 3 is 2.32 bits per heavy atom. The molecule has 0 aliphatic rings. The highest BCUT2D eigenvalue weighted by atomic mass is 16.3. The Kier molecular flexibility index (Phi) is 8.48. The fourth-order valence-corrected chi connectivity index (χ4v) is 3.40. The summed E-state index contributed by atoms with van der Waals surface area (Å²) in [5, 5.41) is 15.3. The molecule has 0 spiro atoms. The molecule has 0 aliphatic carbocycles. The van der Waals surface area contributed by atoms with Crippen LogP contribution in [-0.2, 0) is 6.54 Å². The standard InChI is InChI=1S/C26H31N5O3/c1-30(2)15-6-16-31(26(34)28-21-7-5-8-22(32)17-21)18-19-11-13-20(14-12-19)25(33)29-24-10-4-3-9-23(24)27/h3-5,7-14,17,32H,6,15-16,18,27H2,1-2H3,(H,28,34)(H,29,33). The van der Waals surface area contributed by atoms with Crippen LogP contribution in [-0.4, -0.2) is 54.0 Å². The van der Waals surface area contributed by atoms with Gasteiger partial charge in [0, 0.05) is 30.4 Å². The van der Waals surface area contributed by atoms with Crippen LogP contribution in [0.15, 0.2) is 72.8 Å². The lowest BCUT2D eigenvalue weighted by Gasteiger charge is -2.24. The highest BCUT2D eigenvalue weighted by Gasteiger charge is 2.15. The first kappa shape index (κ1) is 24.6. The highest BCUT2D eigenvalue weighted by molar-refractivity contribution is 6.05. The third-order valence-corrected chi connectivity index (χ3v) is 5.22. The Labute approximate surface area is 200 Å². The van der Waals surface area contributed by atoms with Gasteiger partial charge in [0.15, 0.2) is 0 Å². The molecule has 8 heteroatoms. The number of benzene rings is 3. The van der Waals surface area contributed by atoms with Gasteiger partial charge in [-0.25, -0.2) is 4.79 Å². The number of phenols is 1. The molecule has 5 N–H and O–H groups in total. The maximum absolute atomic E-state index is 13.0. The van der Waals surface area contributed by atoms with Crippen molar-refractivity contribution in [1.29, 1.82) is 0 Å². The van der Waals surface area contributed by atoms with Crippen molar-refractivity contribution in [3.05, 3.63) is 83.9 Å². The number of amides is 3. The first-order chi connectivity index (χ1) is 16.3. The third kappa shape index (κ3) is 7.25. The van der Waals surface area contributed by atoms with Crippen LogP contribution < -0.4 is 16.4 Å². The minimum absolute atomic E-state index is 0.0862. The predicted molar refractivity (Wildman–Crippen MR) is 136 cm³/mol. The molecule has 34 heavy (non-hydrogen) atoms. The van der Waals surface area contributed by atoms with E-state index in [-0.39, 0.29) is 17.7 Å². The molecule has 0 heterocycles. The number of anilines is 3. The molecular weight excluding hydrogens is 430 g/mol. The van der Waals surface area contributed by atoms with E-state index in [1.54, 1.807) is 53.4 Å². The molecule has 0 bridgehead atoms. The van der Waals surface area contributed by atoms with Crippen molar-refractivity contribution in [3.63, 3.8) is 0 Å². The van der Waals surface area contributed by atoms with Crippen LogP contribution in [0, 0.1) is 0 Å². The van der Waals surface area contributed by atoms with E-state index in [2.05, 4.69) is 15.5 Å². The molecule has 3 aromatic carbocycles. The van der Waals surface area contributed by atoms with Gasteiger partial charge in [-0.05, 0) is 69.0 Å². The number of nitrogen functional groups attached to an aromatic ring is 1. The average molecular weight is 462 g/mol. The van der Waals surface area contributed by atoms with E-state index in [1.807, 2.05) is 32.3 Å². The second-order valence-electron chi connectivity index (χ2n) is 8.30. The topological polar surface area (TPSA) is 111 Å². The average Bonchev–Trinajstić information content (AvgIpc) is 2.80. The second kappa shape index (κ2) is 11.7. The maximum Gasteiger partial charge on any atom is 0.322 e. The Morgan fingerprint density at radius 2 is 1.65 bits per heavy atom. The van der Waals surface area contributed by atoms with Gasteiger partial charge in [0.25, 0.3) is 5.91 Å². The summed E-state index contributed by atoms with van der Waals surface area (Å²) in [6.07, 6.45) is 0.805. The summed E-state index contributed by atoms with van der Waals surface area (Å²) in [5.74, 6) is -0.169. The van der Waals surface area contributed by atoms with Gasteiger partial charge >= 0.3 is 6.03 Å². The van der Waals surface area contributed by atoms with Gasteiger partial charge in [0.2, 0.25) is 0 Å². The fourth-order valence-electron chi connectivity index (χ4n) is 3.40. The number of carbonyl (C=O) groups is 2. The number of nitrogens with one attached hydrogen (secondary N) is 2. The smallest absolute Gasteiger partial charge is 0.322 e. The molecule has 0 radical (unpaired) electrons. The molecule has 3 aromatic rings. The first-order valence-electron chi connectivity index (χ1n) is 11.1. The molecule has 0 aromatic heterocycles. The van der Waals surface area contributed by atoms with Crippen LogP contribution >= 0.6 is 0 Å². The van der Waals surface area contributed by atoms with E-state index < -0.39 is 0 Å². The van der Waals surface area contributed by atoms with E-state index in [1.165, 1.54) is 6.07 Å². The van der Waals surface area contributed by atoms with Gasteiger partial charge in [-0.1, -0.05) is 30.3 Å². The Hall–Kier alpha value is -4.04. The molecule has 0 saturated heterocycles. The van der Waals surface area contributed by atoms with E-state index in [0.717, 1.165) is 18.5 Å². The predicted octanol–water partition coefficient (Wildman–Crippen LogP) is 4.21. The van der Waals surface area contributed by atoms with E-state index in [0.29, 0.717) is 35.7 Å². The lowest BCUT2D eigenvalue weighted by Crippen LogP contribution is -2.36. The van der Waals surface area contributed by atoms with Crippen LogP contribution in [0.2, 0.25) is 0 Å². The molecule has 8 nitrogen and oxygen atoms in total. The molecule has 0 saturated carbocycles. The highest BCUT2D eigenvalue weighted by Crippen LogP contribution is 2.19. The van der Waals surface area contributed by atoms with Gasteiger partial charge in [-0.2, -0.15) is 0 Å². The second-order valence-corrected chi connectivity index (χ2v) is 8.30. The minimum Gasteiger partial charge on any atom is -0.508 e. The van der Waals surface area contributed by atoms with Crippen molar-refractivity contribution in [2.75, 3.05) is 43.6 Å². The van der Waals surface area contributed by atoms with E-state index >= 15 is 0 Å². The minimum atomic E-state index is -0.259. The summed E-state index contributed by atoms with van der Waals surface area (Å²) in [5.41, 5.74) is 8.88. The van der Waals surface area contributed by atoms with E-state index in [9.17, 15) is 14.7 Å². The number of phenolic OH excluding ortho intramolecular Hbond substituents is 1. The van der Waals surface area contributed by atoms with Crippen molar-refractivity contribution >= 4 is 29.0 Å². The monoisotopic (exact) mass is 461 g/mol. The number of aromatic hydroxyl groups is 1. The number of carbonyl (C=O) groups excluding carboxylic acids is 2. The molecule has 3 amide bonds. The van der Waals surface area contributed by atoms with E-state index in [4.69, 9.17) is 5.73 Å². The van der Waals surface area contributed by atoms with Gasteiger partial charge in [-0.15, -0.1) is 0 Å². The summed E-state index contributed by atoms with van der Waals surface area (Å²) in [6, 6.07) is 20.4. The number of rotatable bonds is 9. The molecule has 0 fully saturated rings.